The second-order valence-corrected chi connectivity index (χ2v) is 5.70. The van der Waals surface area contributed by atoms with Crippen LogP contribution >= 0.6 is 24.8 Å². The van der Waals surface area contributed by atoms with Crippen LogP contribution in [0, 0.1) is 5.92 Å². The van der Waals surface area contributed by atoms with Gasteiger partial charge in [0.15, 0.2) is 5.78 Å². The number of hydrogen-bond donors (Lipinski definition) is 2. The van der Waals surface area contributed by atoms with E-state index in [1.165, 1.54) is 18.4 Å². The van der Waals surface area contributed by atoms with Crippen molar-refractivity contribution in [3.63, 3.8) is 0 Å². The lowest BCUT2D eigenvalue weighted by Gasteiger charge is -2.22. The lowest BCUT2D eigenvalue weighted by molar-refractivity contribution is 0.0971. The fraction of sp³-hybridized carbons (Fsp3) is 0.562. The smallest absolute Gasteiger partial charge is 0.162 e. The number of Topliss-reactive ketones (excluding diaryl/α,β-unsaturated/α-hetero) is 1. The quantitative estimate of drug-likeness (QED) is 0.830. The summed E-state index contributed by atoms with van der Waals surface area (Å²) in [7, 11) is 0. The Balaban J connectivity index is 0.00000110. The van der Waals surface area contributed by atoms with Crippen LogP contribution in [0.1, 0.15) is 41.6 Å². The van der Waals surface area contributed by atoms with Crippen molar-refractivity contribution in [2.45, 2.75) is 32.1 Å². The highest BCUT2D eigenvalue weighted by molar-refractivity contribution is 5.97. The minimum Gasteiger partial charge on any atom is -0.384 e. The van der Waals surface area contributed by atoms with Crippen LogP contribution in [-0.4, -0.2) is 25.4 Å². The molecule has 0 amide bonds. The zero-order chi connectivity index (χ0) is 13.1. The van der Waals surface area contributed by atoms with E-state index in [0.29, 0.717) is 12.2 Å². The molecule has 5 heteroatoms. The number of halogens is 2. The topological polar surface area (TPSA) is 41.1 Å². The molecule has 0 radical (unpaired) electrons. The first-order valence-electron chi connectivity index (χ1n) is 7.43. The summed E-state index contributed by atoms with van der Waals surface area (Å²) in [6.45, 7) is 3.23. The van der Waals surface area contributed by atoms with Gasteiger partial charge in [0.05, 0.1) is 0 Å². The number of rotatable bonds is 4. The Kier molecular flexibility index (Phi) is 7.50. The summed E-state index contributed by atoms with van der Waals surface area (Å²) < 4.78 is 0. The molecule has 2 aliphatic heterocycles. The number of benzene rings is 1. The van der Waals surface area contributed by atoms with Gasteiger partial charge in [-0.2, -0.15) is 0 Å². The van der Waals surface area contributed by atoms with Gasteiger partial charge in [-0.25, -0.2) is 0 Å². The summed E-state index contributed by atoms with van der Waals surface area (Å²) in [6, 6.07) is 6.14. The number of ketones is 1. The van der Waals surface area contributed by atoms with E-state index >= 15 is 0 Å². The lowest BCUT2D eigenvalue weighted by atomic mass is 9.91. The largest absolute Gasteiger partial charge is 0.384 e. The van der Waals surface area contributed by atoms with Gasteiger partial charge in [-0.3, -0.25) is 4.79 Å². The molecule has 0 spiro atoms. The highest BCUT2D eigenvalue weighted by atomic mass is 35.5. The van der Waals surface area contributed by atoms with Crippen LogP contribution in [0.15, 0.2) is 18.2 Å². The molecule has 2 N–H and O–H groups in total. The predicted molar refractivity (Wildman–Crippen MR) is 92.3 cm³/mol. The molecule has 3 rings (SSSR count). The third-order valence-electron chi connectivity index (χ3n) is 4.38. The van der Waals surface area contributed by atoms with Crippen LogP contribution in [0.3, 0.4) is 0 Å². The molecule has 2 heterocycles. The van der Waals surface area contributed by atoms with E-state index < -0.39 is 0 Å². The first-order chi connectivity index (χ1) is 9.33. The summed E-state index contributed by atoms with van der Waals surface area (Å²) in [5.41, 5.74) is 3.38. The van der Waals surface area contributed by atoms with Crippen molar-refractivity contribution in [1.82, 2.24) is 5.32 Å². The molecule has 0 atom stereocenters. The summed E-state index contributed by atoms with van der Waals surface area (Å²) in [4.78, 5) is 12.2. The van der Waals surface area contributed by atoms with Gasteiger partial charge in [-0.1, -0.05) is 12.1 Å². The van der Waals surface area contributed by atoms with Crippen molar-refractivity contribution >= 4 is 36.3 Å². The van der Waals surface area contributed by atoms with E-state index in [0.717, 1.165) is 49.6 Å². The van der Waals surface area contributed by atoms with Crippen molar-refractivity contribution in [2.24, 2.45) is 5.92 Å². The molecule has 2 aliphatic rings. The Morgan fingerprint density at radius 2 is 1.90 bits per heavy atom. The number of nitrogens with one attached hydrogen (secondary N) is 2. The third-order valence-corrected chi connectivity index (χ3v) is 4.38. The average Bonchev–Trinajstić information content (AvgIpc) is 2.93. The first kappa shape index (κ1) is 18.3. The Morgan fingerprint density at radius 1 is 1.14 bits per heavy atom. The summed E-state index contributed by atoms with van der Waals surface area (Å²) in [6.07, 6.45) is 5.27. The molecular weight excluding hydrogens is 307 g/mol. The second kappa shape index (κ2) is 8.62. The number of hydrogen-bond acceptors (Lipinski definition) is 3. The standard InChI is InChI=1S/C16H22N2O.2ClH/c19-16(4-1-12-5-8-17-9-6-12)14-3-2-13-7-10-18-15(13)11-14;;/h2-3,11-12,17-18H,1,4-10H2;2*1H. The summed E-state index contributed by atoms with van der Waals surface area (Å²) >= 11 is 0. The highest BCUT2D eigenvalue weighted by Crippen LogP contribution is 2.25. The Hall–Kier alpha value is -0.770. The molecule has 0 saturated carbocycles. The van der Waals surface area contributed by atoms with E-state index in [4.69, 9.17) is 0 Å². The summed E-state index contributed by atoms with van der Waals surface area (Å²) in [5.74, 6) is 1.03. The van der Waals surface area contributed by atoms with Crippen LogP contribution in [-0.2, 0) is 6.42 Å². The molecular formula is C16H24Cl2N2O. The van der Waals surface area contributed by atoms with Crippen LogP contribution in [0.4, 0.5) is 5.69 Å². The third kappa shape index (κ3) is 4.60. The predicted octanol–water partition coefficient (Wildman–Crippen LogP) is 3.46. The molecule has 1 saturated heterocycles. The maximum atomic E-state index is 12.2. The van der Waals surface area contributed by atoms with E-state index in [2.05, 4.69) is 16.7 Å². The van der Waals surface area contributed by atoms with Gasteiger partial charge in [-0.15, -0.1) is 24.8 Å². The highest BCUT2D eigenvalue weighted by Gasteiger charge is 2.17. The van der Waals surface area contributed by atoms with Gasteiger partial charge in [0.1, 0.15) is 0 Å². The van der Waals surface area contributed by atoms with Crippen molar-refractivity contribution < 1.29 is 4.79 Å². The zero-order valence-electron chi connectivity index (χ0n) is 12.2. The molecule has 3 nitrogen and oxygen atoms in total. The van der Waals surface area contributed by atoms with Crippen molar-refractivity contribution in [3.8, 4) is 0 Å². The van der Waals surface area contributed by atoms with Gasteiger partial charge >= 0.3 is 0 Å². The van der Waals surface area contributed by atoms with Crippen LogP contribution < -0.4 is 10.6 Å². The number of piperidine rings is 1. The van der Waals surface area contributed by atoms with E-state index in [1.807, 2.05) is 12.1 Å². The Bertz CT molecular complexity index is 473. The number of fused-ring (bicyclic) bond motifs is 1. The van der Waals surface area contributed by atoms with E-state index in [9.17, 15) is 4.79 Å². The monoisotopic (exact) mass is 330 g/mol. The van der Waals surface area contributed by atoms with Gasteiger partial charge in [0.2, 0.25) is 0 Å². The van der Waals surface area contributed by atoms with Gasteiger partial charge in [0.25, 0.3) is 0 Å². The van der Waals surface area contributed by atoms with Crippen LogP contribution in [0.5, 0.6) is 0 Å². The SMILES string of the molecule is Cl.Cl.O=C(CCC1CCNCC1)c1ccc2c(c1)NCC2. The molecule has 0 aliphatic carbocycles. The van der Waals surface area contributed by atoms with Gasteiger partial charge in [0, 0.05) is 24.2 Å². The molecule has 21 heavy (non-hydrogen) atoms. The Morgan fingerprint density at radius 3 is 2.67 bits per heavy atom. The zero-order valence-corrected chi connectivity index (χ0v) is 13.8. The minimum absolute atomic E-state index is 0. The fourth-order valence-corrected chi connectivity index (χ4v) is 3.11. The minimum atomic E-state index is 0. The normalized spacial score (nSPS) is 17.1. The first-order valence-corrected chi connectivity index (χ1v) is 7.43. The van der Waals surface area contributed by atoms with Crippen LogP contribution in [0.2, 0.25) is 0 Å². The van der Waals surface area contributed by atoms with Crippen molar-refractivity contribution in [2.75, 3.05) is 25.0 Å². The maximum absolute atomic E-state index is 12.2. The molecule has 1 aromatic carbocycles. The second-order valence-electron chi connectivity index (χ2n) is 5.70. The Labute approximate surface area is 139 Å². The molecule has 0 unspecified atom stereocenters. The average molecular weight is 331 g/mol. The van der Waals surface area contributed by atoms with Gasteiger partial charge < -0.3 is 10.6 Å². The van der Waals surface area contributed by atoms with Crippen molar-refractivity contribution in [3.05, 3.63) is 29.3 Å². The van der Waals surface area contributed by atoms with E-state index in [-0.39, 0.29) is 24.8 Å². The van der Waals surface area contributed by atoms with E-state index in [1.54, 1.807) is 0 Å². The molecule has 0 aromatic heterocycles. The van der Waals surface area contributed by atoms with Crippen LogP contribution in [0.25, 0.3) is 0 Å². The fourth-order valence-electron chi connectivity index (χ4n) is 3.11. The number of carbonyl (C=O) groups excluding carboxylic acids is 1. The van der Waals surface area contributed by atoms with Gasteiger partial charge in [-0.05, 0) is 56.3 Å². The molecule has 1 fully saturated rings. The van der Waals surface area contributed by atoms with Crippen molar-refractivity contribution in [1.29, 1.82) is 0 Å². The maximum Gasteiger partial charge on any atom is 0.162 e. The number of carbonyl (C=O) groups is 1. The number of anilines is 1. The molecule has 118 valence electrons. The summed E-state index contributed by atoms with van der Waals surface area (Å²) in [5, 5.41) is 6.71. The molecule has 0 bridgehead atoms. The lowest BCUT2D eigenvalue weighted by Crippen LogP contribution is -2.27. The molecule has 1 aromatic rings.